The maximum Gasteiger partial charge on any atom is 0.137 e. The van der Waals surface area contributed by atoms with E-state index < -0.39 is 10.8 Å². The van der Waals surface area contributed by atoms with Crippen molar-refractivity contribution in [2.24, 2.45) is 0 Å². The Balaban J connectivity index is 1.11. The molecule has 0 bridgehead atoms. The fourth-order valence-electron chi connectivity index (χ4n) is 11.8. The highest BCUT2D eigenvalue weighted by Crippen LogP contribution is 2.52. The van der Waals surface area contributed by atoms with Crippen LogP contribution >= 0.6 is 0 Å². The number of para-hydroxylation sites is 1. The SMILES string of the molecule is CC(C)(C)c1cc(N2CN(c3cc(Oc4ccc5c6ccccc6n(-c6cc(C(C)(C)c7ccccc7)ccn6)c5c4)cc(-c4ccccc4)c3)C(C(C)(C)c3ccccc3)=C2C(C)(C)c2ccccc2)cc(C(C)(C)C)c1. The van der Waals surface area contributed by atoms with Gasteiger partial charge in [0.1, 0.15) is 17.3 Å². The van der Waals surface area contributed by atoms with E-state index in [2.05, 4.69) is 310 Å². The summed E-state index contributed by atoms with van der Waals surface area (Å²) in [5.41, 5.74) is 15.4. The Morgan fingerprint density at radius 3 is 1.40 bits per heavy atom. The molecule has 0 saturated carbocycles. The first-order chi connectivity index (χ1) is 37.2. The third kappa shape index (κ3) is 9.59. The van der Waals surface area contributed by atoms with Crippen LogP contribution in [0.4, 0.5) is 11.4 Å². The third-order valence-corrected chi connectivity index (χ3v) is 16.6. The molecule has 1 aliphatic rings. The molecule has 1 aliphatic heterocycles. The number of allylic oxidation sites excluding steroid dienone is 2. The zero-order chi connectivity index (χ0) is 54.8. The molecule has 0 unspecified atom stereocenters. The van der Waals surface area contributed by atoms with E-state index in [1.807, 2.05) is 6.20 Å². The van der Waals surface area contributed by atoms with Crippen molar-refractivity contribution in [3.63, 3.8) is 0 Å². The number of fused-ring (bicyclic) bond motifs is 3. The van der Waals surface area contributed by atoms with E-state index in [0.29, 0.717) is 6.67 Å². The van der Waals surface area contributed by atoms with E-state index in [1.54, 1.807) is 0 Å². The second kappa shape index (κ2) is 19.7. The summed E-state index contributed by atoms with van der Waals surface area (Å²) in [4.78, 5) is 10.3. The maximum absolute atomic E-state index is 7.27. The molecule has 0 atom stereocenters. The molecule has 78 heavy (non-hydrogen) atoms. The molecule has 0 N–H and O–H groups in total. The molecule has 0 fully saturated rings. The largest absolute Gasteiger partial charge is 0.457 e. The van der Waals surface area contributed by atoms with E-state index in [9.17, 15) is 0 Å². The molecule has 0 saturated heterocycles. The fraction of sp³-hybridized carbons (Fsp3) is 0.247. The third-order valence-electron chi connectivity index (χ3n) is 16.6. The quantitative estimate of drug-likeness (QED) is 0.122. The number of ether oxygens (including phenoxy) is 1. The van der Waals surface area contributed by atoms with Crippen molar-refractivity contribution in [2.75, 3.05) is 16.5 Å². The molecular weight excluding hydrogens is 949 g/mol. The second-order valence-electron chi connectivity index (χ2n) is 25.1. The Kier molecular flexibility index (Phi) is 13.1. The highest BCUT2D eigenvalue weighted by Gasteiger charge is 2.47. The Hall–Kier alpha value is -8.15. The summed E-state index contributed by atoms with van der Waals surface area (Å²) in [5, 5.41) is 2.30. The molecule has 0 spiro atoms. The van der Waals surface area contributed by atoms with Crippen LogP contribution in [0, 0.1) is 0 Å². The van der Waals surface area contributed by atoms with Gasteiger partial charge in [-0.15, -0.1) is 0 Å². The summed E-state index contributed by atoms with van der Waals surface area (Å²) in [6.45, 7) is 28.8. The normalized spacial score (nSPS) is 13.7. The predicted molar refractivity (Wildman–Crippen MR) is 329 cm³/mol. The first-order valence-electron chi connectivity index (χ1n) is 27.7. The smallest absolute Gasteiger partial charge is 0.137 e. The van der Waals surface area contributed by atoms with Gasteiger partial charge in [-0.2, -0.15) is 0 Å². The maximum atomic E-state index is 7.27. The Morgan fingerprint density at radius 2 is 0.846 bits per heavy atom. The van der Waals surface area contributed by atoms with Crippen LogP contribution < -0.4 is 14.5 Å². The summed E-state index contributed by atoms with van der Waals surface area (Å²) < 4.78 is 9.57. The topological polar surface area (TPSA) is 33.5 Å². The van der Waals surface area contributed by atoms with Crippen molar-refractivity contribution in [2.45, 2.75) is 110 Å². The van der Waals surface area contributed by atoms with Gasteiger partial charge in [-0.1, -0.05) is 229 Å². The molecule has 2 aromatic heterocycles. The summed E-state index contributed by atoms with van der Waals surface area (Å²) in [6.07, 6.45) is 1.95. The fourth-order valence-corrected chi connectivity index (χ4v) is 11.8. The summed E-state index contributed by atoms with van der Waals surface area (Å²) in [7, 11) is 0. The van der Waals surface area contributed by atoms with Gasteiger partial charge in [0.15, 0.2) is 0 Å². The van der Waals surface area contributed by atoms with E-state index in [4.69, 9.17) is 9.72 Å². The molecule has 3 heterocycles. The van der Waals surface area contributed by atoms with Gasteiger partial charge < -0.3 is 14.5 Å². The van der Waals surface area contributed by atoms with Crippen molar-refractivity contribution < 1.29 is 4.74 Å². The number of hydrogen-bond acceptors (Lipinski definition) is 4. The van der Waals surface area contributed by atoms with Crippen molar-refractivity contribution in [1.29, 1.82) is 0 Å². The van der Waals surface area contributed by atoms with Crippen LogP contribution in [-0.4, -0.2) is 16.2 Å². The summed E-state index contributed by atoms with van der Waals surface area (Å²) >= 11 is 0. The standard InChI is InChI=1S/C73H74N4O/c1-69(2,3)56-43-57(70(4,5)6)45-59(44-56)76-49-75(67(72(9,10)53-31-21-15-22-32-53)68(76)73(11,12)54-33-23-16-24-34-54)58-41-51(50-27-17-13-18-28-50)42-61(47-58)78-60-37-38-63-62-35-25-26-36-64(62)77(65(63)48-60)66-46-55(39-40-74-66)71(7,8)52-29-19-14-20-30-52/h13-48H,49H2,1-12H3. The summed E-state index contributed by atoms with van der Waals surface area (Å²) in [5.74, 6) is 2.36. The predicted octanol–water partition coefficient (Wildman–Crippen LogP) is 19.0. The lowest BCUT2D eigenvalue weighted by Gasteiger charge is -2.38. The van der Waals surface area contributed by atoms with Crippen LogP contribution in [0.3, 0.4) is 0 Å². The van der Waals surface area contributed by atoms with Crippen LogP contribution in [0.25, 0.3) is 38.8 Å². The van der Waals surface area contributed by atoms with Gasteiger partial charge in [0.05, 0.1) is 29.1 Å². The first kappa shape index (κ1) is 51.9. The van der Waals surface area contributed by atoms with E-state index in [-0.39, 0.29) is 16.2 Å². The number of rotatable bonds is 12. The van der Waals surface area contributed by atoms with Crippen molar-refractivity contribution >= 4 is 33.2 Å². The molecule has 0 aliphatic carbocycles. The van der Waals surface area contributed by atoms with Crippen LogP contribution in [0.15, 0.2) is 230 Å². The number of anilines is 2. The molecule has 10 aromatic rings. The Morgan fingerprint density at radius 1 is 0.359 bits per heavy atom. The van der Waals surface area contributed by atoms with Gasteiger partial charge in [0.2, 0.25) is 0 Å². The van der Waals surface area contributed by atoms with Gasteiger partial charge >= 0.3 is 0 Å². The number of aromatic nitrogens is 2. The number of pyridine rings is 1. The molecule has 11 rings (SSSR count). The zero-order valence-corrected chi connectivity index (χ0v) is 47.7. The number of benzene rings is 8. The Bertz CT molecular complexity index is 3800. The minimum atomic E-state index is -0.463. The highest BCUT2D eigenvalue weighted by molar-refractivity contribution is 6.09. The minimum absolute atomic E-state index is 0.0755. The molecule has 5 nitrogen and oxygen atoms in total. The van der Waals surface area contributed by atoms with Crippen LogP contribution in [0.1, 0.15) is 116 Å². The first-order valence-corrected chi connectivity index (χ1v) is 27.7. The minimum Gasteiger partial charge on any atom is -0.457 e. The molecule has 392 valence electrons. The lowest BCUT2D eigenvalue weighted by molar-refractivity contribution is 0.483. The van der Waals surface area contributed by atoms with Gasteiger partial charge in [0.25, 0.3) is 0 Å². The highest BCUT2D eigenvalue weighted by atomic mass is 16.5. The average molecular weight is 1020 g/mol. The molecule has 8 aromatic carbocycles. The van der Waals surface area contributed by atoms with Crippen LogP contribution in [0.5, 0.6) is 11.5 Å². The zero-order valence-electron chi connectivity index (χ0n) is 47.7. The van der Waals surface area contributed by atoms with Gasteiger partial charge in [0, 0.05) is 56.7 Å². The molecular formula is C73H74N4O. The molecule has 0 radical (unpaired) electrons. The van der Waals surface area contributed by atoms with E-state index in [1.165, 1.54) is 50.5 Å². The van der Waals surface area contributed by atoms with Crippen LogP contribution in [-0.2, 0) is 27.1 Å². The van der Waals surface area contributed by atoms with E-state index >= 15 is 0 Å². The monoisotopic (exact) mass is 1020 g/mol. The molecule has 5 heteroatoms. The molecule has 0 amide bonds. The second-order valence-corrected chi connectivity index (χ2v) is 25.1. The lowest BCUT2D eigenvalue weighted by Crippen LogP contribution is -2.35. The number of nitrogens with zero attached hydrogens (tertiary/aromatic N) is 4. The van der Waals surface area contributed by atoms with Crippen LogP contribution in [0.2, 0.25) is 0 Å². The van der Waals surface area contributed by atoms with E-state index in [0.717, 1.165) is 55.9 Å². The Labute approximate surface area is 463 Å². The van der Waals surface area contributed by atoms with Gasteiger partial charge in [-0.05, 0) is 110 Å². The average Bonchev–Trinajstić information content (AvgIpc) is 4.16. The summed E-state index contributed by atoms with van der Waals surface area (Å²) in [6, 6.07) is 77.3. The van der Waals surface area contributed by atoms with Crippen molar-refractivity contribution in [3.05, 3.63) is 263 Å². The van der Waals surface area contributed by atoms with Crippen molar-refractivity contribution in [3.8, 4) is 28.4 Å². The van der Waals surface area contributed by atoms with Gasteiger partial charge in [-0.3, -0.25) is 4.57 Å². The number of hydrogen-bond donors (Lipinski definition) is 0. The lowest BCUT2D eigenvalue weighted by atomic mass is 9.73. The van der Waals surface area contributed by atoms with Gasteiger partial charge in [-0.25, -0.2) is 4.98 Å². The van der Waals surface area contributed by atoms with Crippen molar-refractivity contribution in [1.82, 2.24) is 9.55 Å².